The first-order valence-corrected chi connectivity index (χ1v) is 7.74. The predicted molar refractivity (Wildman–Crippen MR) is 88.1 cm³/mol. The number of rotatable bonds is 8. The third-order valence-electron chi connectivity index (χ3n) is 3.37. The largest absolute Gasteiger partial charge is 0.397 e. The lowest BCUT2D eigenvalue weighted by Gasteiger charge is -2.20. The van der Waals surface area contributed by atoms with Crippen LogP contribution in [-0.4, -0.2) is 42.8 Å². The lowest BCUT2D eigenvalue weighted by atomic mass is 10.2. The highest BCUT2D eigenvalue weighted by atomic mass is 32.1. The molecular formula is C14H24N4O2S. The van der Waals surface area contributed by atoms with Crippen molar-refractivity contribution in [1.82, 2.24) is 4.90 Å². The van der Waals surface area contributed by atoms with Crippen molar-refractivity contribution in [2.24, 2.45) is 5.73 Å². The number of primary amides is 1. The zero-order chi connectivity index (χ0) is 16.2. The molecule has 0 aliphatic carbocycles. The molecule has 0 aliphatic rings. The maximum absolute atomic E-state index is 11.5. The van der Waals surface area contributed by atoms with Gasteiger partial charge in [-0.3, -0.25) is 9.59 Å². The number of hydrogen-bond donors (Lipinski definition) is 3. The summed E-state index contributed by atoms with van der Waals surface area (Å²) in [5.74, 6) is -0.773. The van der Waals surface area contributed by atoms with Crippen molar-refractivity contribution in [2.75, 3.05) is 31.2 Å². The summed E-state index contributed by atoms with van der Waals surface area (Å²) in [5, 5.41) is 3.74. The maximum atomic E-state index is 11.5. The van der Waals surface area contributed by atoms with Crippen LogP contribution in [0.5, 0.6) is 0 Å². The van der Waals surface area contributed by atoms with Crippen LogP contribution in [0.25, 0.3) is 0 Å². The Balaban J connectivity index is 2.73. The van der Waals surface area contributed by atoms with Gasteiger partial charge in [-0.25, -0.2) is 0 Å². The lowest BCUT2D eigenvalue weighted by Crippen LogP contribution is -2.28. The van der Waals surface area contributed by atoms with Gasteiger partial charge in [0.05, 0.1) is 16.1 Å². The number of ketones is 1. The van der Waals surface area contributed by atoms with Gasteiger partial charge in [-0.1, -0.05) is 0 Å². The van der Waals surface area contributed by atoms with Crippen molar-refractivity contribution in [3.05, 3.63) is 10.4 Å². The zero-order valence-corrected chi connectivity index (χ0v) is 13.8. The lowest BCUT2D eigenvalue weighted by molar-refractivity contribution is 0.100. The van der Waals surface area contributed by atoms with Gasteiger partial charge in [0.25, 0.3) is 5.91 Å². The average molecular weight is 312 g/mol. The number of nitrogens with zero attached hydrogens (tertiary/aromatic N) is 1. The van der Waals surface area contributed by atoms with Gasteiger partial charge in [0.15, 0.2) is 5.78 Å². The Labute approximate surface area is 129 Å². The Morgan fingerprint density at radius 2 is 2.00 bits per heavy atom. The highest BCUT2D eigenvalue weighted by Gasteiger charge is 2.22. The van der Waals surface area contributed by atoms with Crippen LogP contribution in [0.3, 0.4) is 0 Å². The molecule has 5 N–H and O–H groups in total. The Morgan fingerprint density at radius 3 is 2.48 bits per heavy atom. The monoisotopic (exact) mass is 312 g/mol. The van der Waals surface area contributed by atoms with Crippen LogP contribution in [0, 0.1) is 0 Å². The van der Waals surface area contributed by atoms with Crippen LogP contribution in [0.4, 0.5) is 10.7 Å². The highest BCUT2D eigenvalue weighted by molar-refractivity contribution is 7.19. The zero-order valence-electron chi connectivity index (χ0n) is 13.0. The van der Waals surface area contributed by atoms with E-state index in [-0.39, 0.29) is 17.0 Å². The molecule has 0 spiro atoms. The minimum absolute atomic E-state index is 0.160. The second-order valence-electron chi connectivity index (χ2n) is 5.32. The third-order valence-corrected chi connectivity index (χ3v) is 4.63. The van der Waals surface area contributed by atoms with E-state index in [9.17, 15) is 9.59 Å². The molecule has 118 valence electrons. The number of thiophene rings is 1. The van der Waals surface area contributed by atoms with Crippen molar-refractivity contribution in [2.45, 2.75) is 33.2 Å². The van der Waals surface area contributed by atoms with E-state index in [0.29, 0.717) is 22.5 Å². The van der Waals surface area contributed by atoms with Crippen molar-refractivity contribution in [1.29, 1.82) is 0 Å². The molecule has 0 aromatic carbocycles. The summed E-state index contributed by atoms with van der Waals surface area (Å²) < 4.78 is 0. The van der Waals surface area contributed by atoms with Crippen LogP contribution in [0.1, 0.15) is 47.2 Å². The van der Waals surface area contributed by atoms with Gasteiger partial charge in [0.1, 0.15) is 5.00 Å². The number of carbonyl (C=O) groups is 2. The van der Waals surface area contributed by atoms with E-state index >= 15 is 0 Å². The molecular weight excluding hydrogens is 288 g/mol. The number of nitrogens with two attached hydrogens (primary N) is 2. The van der Waals surface area contributed by atoms with E-state index < -0.39 is 5.91 Å². The van der Waals surface area contributed by atoms with E-state index in [1.54, 1.807) is 0 Å². The Morgan fingerprint density at radius 1 is 1.38 bits per heavy atom. The second kappa shape index (κ2) is 7.42. The molecule has 0 saturated carbocycles. The first-order valence-electron chi connectivity index (χ1n) is 6.92. The van der Waals surface area contributed by atoms with E-state index in [1.165, 1.54) is 18.3 Å². The summed E-state index contributed by atoms with van der Waals surface area (Å²) in [5.41, 5.74) is 11.6. The molecule has 1 rings (SSSR count). The van der Waals surface area contributed by atoms with Crippen molar-refractivity contribution >= 4 is 33.7 Å². The van der Waals surface area contributed by atoms with Crippen LogP contribution >= 0.6 is 11.3 Å². The molecule has 6 nitrogen and oxygen atoms in total. The van der Waals surface area contributed by atoms with E-state index in [2.05, 4.69) is 31.1 Å². The van der Waals surface area contributed by atoms with E-state index in [4.69, 9.17) is 11.5 Å². The Hall–Kier alpha value is -1.60. The molecule has 0 unspecified atom stereocenters. The number of amides is 1. The Kier molecular flexibility index (Phi) is 6.17. The van der Waals surface area contributed by atoms with Crippen LogP contribution < -0.4 is 16.8 Å². The smallest absolute Gasteiger partial charge is 0.253 e. The van der Waals surface area contributed by atoms with Gasteiger partial charge in [-0.2, -0.15) is 0 Å². The Bertz CT molecular complexity index is 525. The summed E-state index contributed by atoms with van der Waals surface area (Å²) in [6, 6.07) is 0.493. The fourth-order valence-corrected chi connectivity index (χ4v) is 2.91. The van der Waals surface area contributed by atoms with Crippen molar-refractivity contribution in [3.8, 4) is 0 Å². The van der Waals surface area contributed by atoms with Crippen LogP contribution in [-0.2, 0) is 0 Å². The molecule has 1 amide bonds. The second-order valence-corrected chi connectivity index (χ2v) is 6.34. The van der Waals surface area contributed by atoms with Gasteiger partial charge in [0, 0.05) is 19.5 Å². The summed E-state index contributed by atoms with van der Waals surface area (Å²) in [4.78, 5) is 25.6. The molecule has 0 aliphatic heterocycles. The number of hydrogen-bond acceptors (Lipinski definition) is 6. The number of nitrogen functional groups attached to an aromatic ring is 1. The normalized spacial score (nSPS) is 11.1. The predicted octanol–water partition coefficient (Wildman–Crippen LogP) is 1.77. The minimum atomic E-state index is -0.613. The fraction of sp³-hybridized carbons (Fsp3) is 0.571. The minimum Gasteiger partial charge on any atom is -0.397 e. The molecule has 0 saturated heterocycles. The SMILES string of the molecule is CC(=O)c1sc(NCCCN(C)C(C)C)c(C(N)=O)c1N. The van der Waals surface area contributed by atoms with Crippen LogP contribution in [0.2, 0.25) is 0 Å². The topological polar surface area (TPSA) is 101 Å². The van der Waals surface area contributed by atoms with E-state index in [1.807, 2.05) is 0 Å². The van der Waals surface area contributed by atoms with Gasteiger partial charge < -0.3 is 21.7 Å². The molecule has 0 radical (unpaired) electrons. The number of Topliss-reactive ketones (excluding diaryl/α,β-unsaturated/α-hetero) is 1. The van der Waals surface area contributed by atoms with Gasteiger partial charge in [-0.05, 0) is 33.9 Å². The molecule has 0 bridgehead atoms. The highest BCUT2D eigenvalue weighted by Crippen LogP contribution is 2.35. The van der Waals surface area contributed by atoms with Crippen molar-refractivity contribution in [3.63, 3.8) is 0 Å². The van der Waals surface area contributed by atoms with Gasteiger partial charge in [0.2, 0.25) is 0 Å². The van der Waals surface area contributed by atoms with E-state index in [0.717, 1.165) is 13.0 Å². The molecule has 1 aromatic heterocycles. The molecule has 7 heteroatoms. The summed E-state index contributed by atoms with van der Waals surface area (Å²) >= 11 is 1.19. The molecule has 0 fully saturated rings. The molecule has 0 atom stereocenters. The number of anilines is 2. The first kappa shape index (κ1) is 17.5. The summed E-state index contributed by atoms with van der Waals surface area (Å²) in [6.45, 7) is 7.33. The molecule has 1 aromatic rings. The quantitative estimate of drug-likeness (QED) is 0.501. The number of carbonyl (C=O) groups excluding carboxylic acids is 2. The summed E-state index contributed by atoms with van der Waals surface area (Å²) in [7, 11) is 2.07. The van der Waals surface area contributed by atoms with Crippen molar-refractivity contribution < 1.29 is 9.59 Å². The van der Waals surface area contributed by atoms with Gasteiger partial charge in [-0.15, -0.1) is 11.3 Å². The number of nitrogens with one attached hydrogen (secondary N) is 1. The van der Waals surface area contributed by atoms with Gasteiger partial charge >= 0.3 is 0 Å². The standard InChI is InChI=1S/C14H24N4O2S/c1-8(2)18(4)7-5-6-17-14-10(13(16)20)11(15)12(21-14)9(3)19/h8,17H,5-7,15H2,1-4H3,(H2,16,20). The first-order chi connectivity index (χ1) is 9.75. The molecule has 21 heavy (non-hydrogen) atoms. The average Bonchev–Trinajstić information content (AvgIpc) is 2.71. The third kappa shape index (κ3) is 4.44. The van der Waals surface area contributed by atoms with Crippen LogP contribution in [0.15, 0.2) is 0 Å². The maximum Gasteiger partial charge on any atom is 0.253 e. The summed E-state index contributed by atoms with van der Waals surface area (Å²) in [6.07, 6.45) is 0.917. The molecule has 1 heterocycles. The fourth-order valence-electron chi connectivity index (χ4n) is 1.86.